The predicted octanol–water partition coefficient (Wildman–Crippen LogP) is 2.61. The number of alkyl carbamates (subject to hydrolysis) is 1. The van der Waals surface area contributed by atoms with Crippen LogP contribution in [0.5, 0.6) is 5.75 Å². The Labute approximate surface area is 183 Å². The smallest absolute Gasteiger partial charge is 0.408 e. The minimum atomic E-state index is -1.24. The number of phenolic OH excluding ortho intramolecular Hbond substituents is 1. The van der Waals surface area contributed by atoms with Crippen LogP contribution in [0.3, 0.4) is 0 Å². The van der Waals surface area contributed by atoms with Gasteiger partial charge in [-0.05, 0) is 40.2 Å². The number of nitrogens with one attached hydrogen (secondary N) is 2. The molecule has 0 aliphatic carbocycles. The molecule has 3 N–H and O–H groups in total. The Kier molecular flexibility index (Phi) is 9.80. The number of hydrogen-bond acceptors (Lipinski definition) is 6. The van der Waals surface area contributed by atoms with Gasteiger partial charge in [0.05, 0.1) is 6.07 Å². The van der Waals surface area contributed by atoms with Gasteiger partial charge in [-0.3, -0.25) is 9.59 Å². The summed E-state index contributed by atoms with van der Waals surface area (Å²) in [5, 5.41) is 24.8. The Morgan fingerprint density at radius 2 is 1.90 bits per heavy atom. The van der Waals surface area contributed by atoms with Gasteiger partial charge in [-0.2, -0.15) is 5.26 Å². The van der Waals surface area contributed by atoms with E-state index in [2.05, 4.69) is 10.6 Å². The zero-order valence-corrected chi connectivity index (χ0v) is 18.8. The van der Waals surface area contributed by atoms with Crippen LogP contribution in [0.4, 0.5) is 4.79 Å². The number of phenols is 1. The number of aromatic hydroxyl groups is 1. The van der Waals surface area contributed by atoms with E-state index in [1.807, 2.05) is 19.9 Å². The molecule has 170 valence electrons. The lowest BCUT2D eigenvalue weighted by molar-refractivity contribution is -0.139. The molecule has 0 spiro atoms. The molecule has 1 rings (SSSR count). The topological polar surface area (TPSA) is 132 Å². The lowest BCUT2D eigenvalue weighted by Gasteiger charge is -2.31. The number of amides is 3. The molecule has 0 aliphatic rings. The maximum atomic E-state index is 13.1. The maximum Gasteiger partial charge on any atom is 0.408 e. The van der Waals surface area contributed by atoms with Crippen LogP contribution in [0.15, 0.2) is 24.3 Å². The van der Waals surface area contributed by atoms with E-state index in [0.29, 0.717) is 0 Å². The minimum absolute atomic E-state index is 0.162. The number of benzene rings is 1. The van der Waals surface area contributed by atoms with Gasteiger partial charge in [0.1, 0.15) is 30.5 Å². The first-order valence-corrected chi connectivity index (χ1v) is 10.2. The van der Waals surface area contributed by atoms with Gasteiger partial charge in [0, 0.05) is 11.6 Å². The summed E-state index contributed by atoms with van der Waals surface area (Å²) in [6.07, 6.45) is 0.785. The average molecular weight is 433 g/mol. The predicted molar refractivity (Wildman–Crippen MR) is 115 cm³/mol. The van der Waals surface area contributed by atoms with Crippen molar-refractivity contribution in [2.75, 3.05) is 13.1 Å². The molecule has 0 heterocycles. The number of hydrogen-bond donors (Lipinski definition) is 3. The fourth-order valence-electron chi connectivity index (χ4n) is 2.96. The Bertz CT molecular complexity index is 813. The zero-order valence-electron chi connectivity index (χ0n) is 18.8. The number of carbonyl (C=O) groups excluding carboxylic acids is 3. The van der Waals surface area contributed by atoms with Crippen molar-refractivity contribution in [2.24, 2.45) is 0 Å². The summed E-state index contributed by atoms with van der Waals surface area (Å²) in [6.45, 7) is 7.99. The number of carbonyl (C=O) groups is 3. The third kappa shape index (κ3) is 8.54. The molecule has 3 amide bonds. The molecule has 31 heavy (non-hydrogen) atoms. The van der Waals surface area contributed by atoms with Crippen molar-refractivity contribution in [2.45, 2.75) is 65.1 Å². The van der Waals surface area contributed by atoms with Gasteiger partial charge in [0.25, 0.3) is 0 Å². The molecule has 1 aromatic carbocycles. The highest BCUT2D eigenvalue weighted by Gasteiger charge is 2.34. The van der Waals surface area contributed by atoms with Crippen molar-refractivity contribution in [3.8, 4) is 11.8 Å². The SMILES string of the molecule is CCCC(C)NC(=O)C(c1ccccc1O)N(CC#N)C(=O)CNC(=O)OC(C)(C)C. The van der Waals surface area contributed by atoms with Gasteiger partial charge >= 0.3 is 6.09 Å². The highest BCUT2D eigenvalue weighted by molar-refractivity contribution is 5.91. The largest absolute Gasteiger partial charge is 0.508 e. The van der Waals surface area contributed by atoms with Gasteiger partial charge in [0.2, 0.25) is 11.8 Å². The quantitative estimate of drug-likeness (QED) is 0.514. The van der Waals surface area contributed by atoms with Crippen LogP contribution >= 0.6 is 0 Å². The van der Waals surface area contributed by atoms with E-state index in [0.717, 1.165) is 17.7 Å². The van der Waals surface area contributed by atoms with Crippen LogP contribution in [-0.4, -0.2) is 52.6 Å². The van der Waals surface area contributed by atoms with Gasteiger partial charge in [-0.25, -0.2) is 4.79 Å². The van der Waals surface area contributed by atoms with E-state index in [9.17, 15) is 24.8 Å². The maximum absolute atomic E-state index is 13.1. The molecule has 0 fully saturated rings. The zero-order chi connectivity index (χ0) is 23.6. The first kappa shape index (κ1) is 25.8. The molecular weight excluding hydrogens is 400 g/mol. The standard InChI is InChI=1S/C22H32N4O5/c1-6-9-15(2)25-20(29)19(16-10-7-8-11-17(16)27)26(13-12-23)18(28)14-24-21(30)31-22(3,4)5/h7-8,10-11,15,19,27H,6,9,13-14H2,1-5H3,(H,24,30)(H,25,29). The van der Waals surface area contributed by atoms with Crippen molar-refractivity contribution in [3.63, 3.8) is 0 Å². The Morgan fingerprint density at radius 3 is 2.45 bits per heavy atom. The minimum Gasteiger partial charge on any atom is -0.508 e. The van der Waals surface area contributed by atoms with Crippen LogP contribution in [0.2, 0.25) is 0 Å². The van der Waals surface area contributed by atoms with Crippen molar-refractivity contribution in [3.05, 3.63) is 29.8 Å². The highest BCUT2D eigenvalue weighted by atomic mass is 16.6. The lowest BCUT2D eigenvalue weighted by atomic mass is 10.0. The lowest BCUT2D eigenvalue weighted by Crippen LogP contribution is -2.49. The summed E-state index contributed by atoms with van der Waals surface area (Å²) in [5.41, 5.74) is -0.558. The second-order valence-electron chi connectivity index (χ2n) is 8.19. The Balaban J connectivity index is 3.16. The fourth-order valence-corrected chi connectivity index (χ4v) is 2.96. The number of nitrogens with zero attached hydrogens (tertiary/aromatic N) is 2. The van der Waals surface area contributed by atoms with E-state index in [-0.39, 0.29) is 17.4 Å². The Hall–Kier alpha value is -3.28. The molecule has 0 bridgehead atoms. The molecule has 0 saturated carbocycles. The van der Waals surface area contributed by atoms with Gasteiger partial charge in [-0.1, -0.05) is 31.5 Å². The fraction of sp³-hybridized carbons (Fsp3) is 0.545. The normalized spacial score (nSPS) is 12.8. The summed E-state index contributed by atoms with van der Waals surface area (Å²) >= 11 is 0. The summed E-state index contributed by atoms with van der Waals surface area (Å²) in [7, 11) is 0. The molecule has 9 nitrogen and oxygen atoms in total. The van der Waals surface area contributed by atoms with Gasteiger partial charge in [0.15, 0.2) is 0 Å². The highest BCUT2D eigenvalue weighted by Crippen LogP contribution is 2.29. The molecule has 0 aromatic heterocycles. The number of rotatable bonds is 9. The summed E-state index contributed by atoms with van der Waals surface area (Å²) < 4.78 is 5.11. The van der Waals surface area contributed by atoms with Crippen LogP contribution in [0.1, 0.15) is 59.1 Å². The van der Waals surface area contributed by atoms with Crippen molar-refractivity contribution in [1.29, 1.82) is 5.26 Å². The van der Waals surface area contributed by atoms with Gasteiger partial charge in [-0.15, -0.1) is 0 Å². The first-order chi connectivity index (χ1) is 14.5. The van der Waals surface area contributed by atoms with E-state index in [1.54, 1.807) is 32.9 Å². The van der Waals surface area contributed by atoms with E-state index < -0.39 is 42.6 Å². The monoisotopic (exact) mass is 432 g/mol. The molecule has 1 aromatic rings. The third-order valence-corrected chi connectivity index (χ3v) is 4.25. The summed E-state index contributed by atoms with van der Waals surface area (Å²) in [5.74, 6) is -1.37. The van der Waals surface area contributed by atoms with E-state index in [4.69, 9.17) is 4.74 Å². The van der Waals surface area contributed by atoms with Crippen LogP contribution < -0.4 is 10.6 Å². The molecular formula is C22H32N4O5. The number of ether oxygens (including phenoxy) is 1. The molecule has 2 unspecified atom stereocenters. The second kappa shape index (κ2) is 11.8. The number of nitriles is 1. The van der Waals surface area contributed by atoms with Crippen molar-refractivity contribution < 1.29 is 24.2 Å². The molecule has 0 aliphatic heterocycles. The average Bonchev–Trinajstić information content (AvgIpc) is 2.66. The molecule has 2 atom stereocenters. The number of para-hydroxylation sites is 1. The van der Waals surface area contributed by atoms with Crippen LogP contribution in [0.25, 0.3) is 0 Å². The van der Waals surface area contributed by atoms with E-state index in [1.165, 1.54) is 12.1 Å². The van der Waals surface area contributed by atoms with Crippen LogP contribution in [0, 0.1) is 11.3 Å². The molecule has 0 saturated heterocycles. The van der Waals surface area contributed by atoms with Crippen molar-refractivity contribution >= 4 is 17.9 Å². The van der Waals surface area contributed by atoms with Crippen LogP contribution in [-0.2, 0) is 14.3 Å². The van der Waals surface area contributed by atoms with Crippen molar-refractivity contribution in [1.82, 2.24) is 15.5 Å². The molecule has 0 radical (unpaired) electrons. The second-order valence-corrected chi connectivity index (χ2v) is 8.19. The third-order valence-electron chi connectivity index (χ3n) is 4.25. The summed E-state index contributed by atoms with van der Waals surface area (Å²) in [4.78, 5) is 38.9. The molecule has 9 heteroatoms. The van der Waals surface area contributed by atoms with Gasteiger partial charge < -0.3 is 25.4 Å². The Morgan fingerprint density at radius 1 is 1.26 bits per heavy atom. The first-order valence-electron chi connectivity index (χ1n) is 10.2. The summed E-state index contributed by atoms with van der Waals surface area (Å²) in [6, 6.07) is 6.61. The van der Waals surface area contributed by atoms with E-state index >= 15 is 0 Å².